The predicted molar refractivity (Wildman–Crippen MR) is 94.2 cm³/mol. The van der Waals surface area contributed by atoms with E-state index in [-0.39, 0.29) is 11.5 Å². The normalized spacial score (nSPS) is 21.2. The molecule has 0 aromatic rings. The quantitative estimate of drug-likeness (QED) is 0.387. The Morgan fingerprint density at radius 3 is 2.79 bits per heavy atom. The zero-order valence-corrected chi connectivity index (χ0v) is 15.1. The van der Waals surface area contributed by atoms with E-state index in [0.717, 1.165) is 71.0 Å². The number of rotatable bonds is 8. The number of carbonyl (C=O) groups is 1. The molecule has 2 aliphatic heterocycles. The number of nitrogens with zero attached hydrogens (tertiary/aromatic N) is 2. The standard InChI is InChI=1S/C17H32N4O3/c1-3-18-16(19-9-5-11-21-10-4-6-15(21)22)20-14-17(23-2)7-12-24-13-8-17/h3-14H2,1-2H3,(H2,18,19,20). The summed E-state index contributed by atoms with van der Waals surface area (Å²) < 4.78 is 11.2. The monoisotopic (exact) mass is 340 g/mol. The van der Waals surface area contributed by atoms with Crippen LogP contribution in [0.2, 0.25) is 0 Å². The first-order chi connectivity index (χ1) is 11.7. The topological polar surface area (TPSA) is 75.2 Å². The number of methoxy groups -OCH3 is 1. The third-order valence-electron chi connectivity index (χ3n) is 4.78. The van der Waals surface area contributed by atoms with Gasteiger partial charge in [0.05, 0.1) is 12.1 Å². The van der Waals surface area contributed by atoms with Gasteiger partial charge in [-0.25, -0.2) is 0 Å². The zero-order chi connectivity index (χ0) is 17.3. The molecule has 0 atom stereocenters. The molecule has 0 unspecified atom stereocenters. The highest BCUT2D eigenvalue weighted by Crippen LogP contribution is 2.24. The number of guanidine groups is 1. The molecule has 0 aromatic carbocycles. The Labute approximate surface area is 145 Å². The summed E-state index contributed by atoms with van der Waals surface area (Å²) in [5, 5.41) is 6.63. The molecule has 0 spiro atoms. The highest BCUT2D eigenvalue weighted by molar-refractivity contribution is 5.80. The summed E-state index contributed by atoms with van der Waals surface area (Å²) in [6, 6.07) is 0. The molecule has 24 heavy (non-hydrogen) atoms. The van der Waals surface area contributed by atoms with Crippen molar-refractivity contribution in [3.8, 4) is 0 Å². The van der Waals surface area contributed by atoms with Crippen molar-refractivity contribution in [1.29, 1.82) is 0 Å². The lowest BCUT2D eigenvalue weighted by molar-refractivity contribution is -0.127. The van der Waals surface area contributed by atoms with Gasteiger partial charge in [-0.2, -0.15) is 0 Å². The molecule has 7 nitrogen and oxygen atoms in total. The van der Waals surface area contributed by atoms with E-state index < -0.39 is 0 Å². The summed E-state index contributed by atoms with van der Waals surface area (Å²) in [6.45, 7) is 7.51. The minimum absolute atomic E-state index is 0.206. The predicted octanol–water partition coefficient (Wildman–Crippen LogP) is 0.750. The van der Waals surface area contributed by atoms with Crippen LogP contribution >= 0.6 is 0 Å². The van der Waals surface area contributed by atoms with Gasteiger partial charge < -0.3 is 25.0 Å². The second-order valence-electron chi connectivity index (χ2n) is 6.46. The van der Waals surface area contributed by atoms with Gasteiger partial charge >= 0.3 is 0 Å². The van der Waals surface area contributed by atoms with E-state index in [9.17, 15) is 4.79 Å². The van der Waals surface area contributed by atoms with Gasteiger partial charge in [0.1, 0.15) is 0 Å². The van der Waals surface area contributed by atoms with Gasteiger partial charge in [-0.05, 0) is 19.8 Å². The highest BCUT2D eigenvalue weighted by Gasteiger charge is 2.32. The number of nitrogens with one attached hydrogen (secondary N) is 2. The highest BCUT2D eigenvalue weighted by atomic mass is 16.5. The van der Waals surface area contributed by atoms with Crippen LogP contribution in [0, 0.1) is 0 Å². The van der Waals surface area contributed by atoms with E-state index in [1.54, 1.807) is 7.11 Å². The average molecular weight is 340 g/mol. The van der Waals surface area contributed by atoms with Crippen molar-refractivity contribution in [2.24, 2.45) is 4.99 Å². The molecule has 0 bridgehead atoms. The first-order valence-electron chi connectivity index (χ1n) is 9.12. The smallest absolute Gasteiger partial charge is 0.222 e. The molecule has 2 fully saturated rings. The van der Waals surface area contributed by atoms with Crippen molar-refractivity contribution >= 4 is 11.9 Å². The minimum atomic E-state index is -0.206. The molecule has 7 heteroatoms. The Balaban J connectivity index is 1.76. The van der Waals surface area contributed by atoms with E-state index in [4.69, 9.17) is 14.5 Å². The van der Waals surface area contributed by atoms with Crippen LogP contribution in [-0.2, 0) is 14.3 Å². The van der Waals surface area contributed by atoms with Crippen LogP contribution in [0.15, 0.2) is 4.99 Å². The first-order valence-corrected chi connectivity index (χ1v) is 9.12. The van der Waals surface area contributed by atoms with Gasteiger partial charge in [-0.15, -0.1) is 0 Å². The summed E-state index contributed by atoms with van der Waals surface area (Å²) in [6.07, 6.45) is 4.39. The first kappa shape index (κ1) is 19.0. The maximum Gasteiger partial charge on any atom is 0.222 e. The lowest BCUT2D eigenvalue weighted by atomic mass is 9.94. The number of hydrogen-bond donors (Lipinski definition) is 2. The maximum absolute atomic E-state index is 11.6. The van der Waals surface area contributed by atoms with Crippen LogP contribution in [-0.4, -0.2) is 75.4 Å². The van der Waals surface area contributed by atoms with Gasteiger partial charge in [0.25, 0.3) is 0 Å². The number of amides is 1. The summed E-state index contributed by atoms with van der Waals surface area (Å²) in [5.74, 6) is 1.10. The number of likely N-dealkylation sites (tertiary alicyclic amines) is 1. The van der Waals surface area contributed by atoms with Crippen LogP contribution < -0.4 is 10.6 Å². The van der Waals surface area contributed by atoms with Crippen LogP contribution in [0.5, 0.6) is 0 Å². The molecule has 138 valence electrons. The Morgan fingerprint density at radius 2 is 2.17 bits per heavy atom. The second-order valence-corrected chi connectivity index (χ2v) is 6.46. The number of ether oxygens (including phenoxy) is 2. The van der Waals surface area contributed by atoms with Crippen molar-refractivity contribution in [2.75, 3.05) is 53.0 Å². The molecule has 2 saturated heterocycles. The minimum Gasteiger partial charge on any atom is -0.381 e. The molecule has 1 amide bonds. The summed E-state index contributed by atoms with van der Waals surface area (Å²) in [4.78, 5) is 18.2. The third kappa shape index (κ3) is 5.63. The Morgan fingerprint density at radius 1 is 1.38 bits per heavy atom. The number of hydrogen-bond acceptors (Lipinski definition) is 4. The Hall–Kier alpha value is -1.34. The molecule has 0 aliphatic carbocycles. The van der Waals surface area contributed by atoms with Crippen LogP contribution in [0.4, 0.5) is 0 Å². The molecule has 0 radical (unpaired) electrons. The van der Waals surface area contributed by atoms with Gasteiger partial charge in [0, 0.05) is 65.8 Å². The molecule has 0 aromatic heterocycles. The van der Waals surface area contributed by atoms with Crippen molar-refractivity contribution < 1.29 is 14.3 Å². The molecular formula is C17H32N4O3. The molecule has 2 heterocycles. The van der Waals surface area contributed by atoms with Crippen LogP contribution in [0.25, 0.3) is 0 Å². The lowest BCUT2D eigenvalue weighted by Gasteiger charge is -2.34. The number of aliphatic imine (C=N–C) groups is 1. The van der Waals surface area contributed by atoms with Crippen molar-refractivity contribution in [3.63, 3.8) is 0 Å². The Bertz CT molecular complexity index is 422. The maximum atomic E-state index is 11.6. The molecule has 0 saturated carbocycles. The number of carbonyl (C=O) groups excluding carboxylic acids is 1. The van der Waals surface area contributed by atoms with Gasteiger partial charge in [0.2, 0.25) is 5.91 Å². The fourth-order valence-corrected chi connectivity index (χ4v) is 3.15. The van der Waals surface area contributed by atoms with E-state index in [1.165, 1.54) is 0 Å². The van der Waals surface area contributed by atoms with Crippen LogP contribution in [0.3, 0.4) is 0 Å². The summed E-state index contributed by atoms with van der Waals surface area (Å²) in [7, 11) is 1.76. The van der Waals surface area contributed by atoms with Crippen molar-refractivity contribution in [1.82, 2.24) is 15.5 Å². The molecule has 2 rings (SSSR count). The Kier molecular flexibility index (Phi) is 7.78. The van der Waals surface area contributed by atoms with Gasteiger partial charge in [0.15, 0.2) is 5.96 Å². The van der Waals surface area contributed by atoms with Crippen molar-refractivity contribution in [2.45, 2.75) is 44.6 Å². The molecular weight excluding hydrogens is 308 g/mol. The van der Waals surface area contributed by atoms with Gasteiger partial charge in [-0.1, -0.05) is 0 Å². The largest absolute Gasteiger partial charge is 0.381 e. The van der Waals surface area contributed by atoms with E-state index in [0.29, 0.717) is 13.0 Å². The van der Waals surface area contributed by atoms with Gasteiger partial charge in [-0.3, -0.25) is 9.79 Å². The fraction of sp³-hybridized carbons (Fsp3) is 0.882. The summed E-state index contributed by atoms with van der Waals surface area (Å²) in [5.41, 5.74) is -0.206. The van der Waals surface area contributed by atoms with E-state index in [1.807, 2.05) is 4.90 Å². The fourth-order valence-electron chi connectivity index (χ4n) is 3.15. The zero-order valence-electron chi connectivity index (χ0n) is 15.1. The van der Waals surface area contributed by atoms with E-state index >= 15 is 0 Å². The lowest BCUT2D eigenvalue weighted by Crippen LogP contribution is -2.44. The SMILES string of the molecule is CCNC(=NCC1(OC)CCOCC1)NCCCN1CCCC1=O. The average Bonchev–Trinajstić information content (AvgIpc) is 3.02. The van der Waals surface area contributed by atoms with Crippen LogP contribution in [0.1, 0.15) is 39.0 Å². The molecule has 2 N–H and O–H groups in total. The third-order valence-corrected chi connectivity index (χ3v) is 4.78. The summed E-state index contributed by atoms with van der Waals surface area (Å²) >= 11 is 0. The molecule has 2 aliphatic rings. The van der Waals surface area contributed by atoms with E-state index in [2.05, 4.69) is 17.6 Å². The second kappa shape index (κ2) is 9.84. The van der Waals surface area contributed by atoms with Crippen molar-refractivity contribution in [3.05, 3.63) is 0 Å².